The Bertz CT molecular complexity index is 455. The number of hydrogen-bond acceptors (Lipinski definition) is 2. The summed E-state index contributed by atoms with van der Waals surface area (Å²) in [4.78, 5) is 12.2. The molecule has 0 aliphatic heterocycles. The van der Waals surface area contributed by atoms with Gasteiger partial charge in [-0.2, -0.15) is 0 Å². The van der Waals surface area contributed by atoms with Crippen molar-refractivity contribution in [3.8, 4) is 0 Å². The van der Waals surface area contributed by atoms with Crippen molar-refractivity contribution in [3.63, 3.8) is 0 Å². The highest BCUT2D eigenvalue weighted by Gasteiger charge is 2.26. The summed E-state index contributed by atoms with van der Waals surface area (Å²) in [5.74, 6) is 1.03. The highest BCUT2D eigenvalue weighted by molar-refractivity contribution is 5.72. The SMILES string of the molecule is CCCCCC1CCC(C(=O)OCCc2ccc(C)cc2)CC1. The van der Waals surface area contributed by atoms with Gasteiger partial charge in [0, 0.05) is 6.42 Å². The van der Waals surface area contributed by atoms with Gasteiger partial charge in [-0.1, -0.05) is 62.4 Å². The van der Waals surface area contributed by atoms with Gasteiger partial charge in [-0.05, 0) is 44.1 Å². The molecule has 2 rings (SSSR count). The second kappa shape index (κ2) is 9.75. The first-order valence-corrected chi connectivity index (χ1v) is 9.41. The van der Waals surface area contributed by atoms with Crippen molar-refractivity contribution in [2.45, 2.75) is 71.6 Å². The van der Waals surface area contributed by atoms with Gasteiger partial charge in [0.1, 0.15) is 0 Å². The Morgan fingerprint density at radius 3 is 2.43 bits per heavy atom. The number of aryl methyl sites for hydroxylation is 1. The largest absolute Gasteiger partial charge is 0.465 e. The fraction of sp³-hybridized carbons (Fsp3) is 0.667. The van der Waals surface area contributed by atoms with Gasteiger partial charge in [-0.15, -0.1) is 0 Å². The van der Waals surface area contributed by atoms with Crippen LogP contribution in [0.1, 0.15) is 69.4 Å². The Morgan fingerprint density at radius 2 is 1.78 bits per heavy atom. The van der Waals surface area contributed by atoms with Crippen LogP contribution in [-0.4, -0.2) is 12.6 Å². The molecule has 0 amide bonds. The molecule has 128 valence electrons. The average molecular weight is 316 g/mol. The summed E-state index contributed by atoms with van der Waals surface area (Å²) in [7, 11) is 0. The summed E-state index contributed by atoms with van der Waals surface area (Å²) in [6, 6.07) is 8.45. The third-order valence-corrected chi connectivity index (χ3v) is 5.15. The maximum absolute atomic E-state index is 12.2. The Morgan fingerprint density at radius 1 is 1.09 bits per heavy atom. The normalized spacial score (nSPS) is 21.1. The maximum Gasteiger partial charge on any atom is 0.308 e. The average Bonchev–Trinajstić information content (AvgIpc) is 2.57. The Hall–Kier alpha value is -1.31. The number of esters is 1. The molecule has 0 radical (unpaired) electrons. The van der Waals surface area contributed by atoms with Crippen molar-refractivity contribution in [1.29, 1.82) is 0 Å². The molecule has 1 aromatic carbocycles. The number of ether oxygens (including phenoxy) is 1. The molecule has 0 atom stereocenters. The molecule has 1 aromatic rings. The van der Waals surface area contributed by atoms with Crippen LogP contribution in [0, 0.1) is 18.8 Å². The van der Waals surface area contributed by atoms with Crippen molar-refractivity contribution in [2.75, 3.05) is 6.61 Å². The smallest absolute Gasteiger partial charge is 0.308 e. The molecule has 1 fully saturated rings. The minimum atomic E-state index is 0.0316. The number of carbonyl (C=O) groups is 1. The molecule has 0 bridgehead atoms. The zero-order valence-electron chi connectivity index (χ0n) is 14.9. The molecule has 2 heteroatoms. The van der Waals surface area contributed by atoms with Crippen molar-refractivity contribution >= 4 is 5.97 Å². The Kier molecular flexibility index (Phi) is 7.64. The van der Waals surface area contributed by atoms with E-state index in [1.54, 1.807) is 0 Å². The van der Waals surface area contributed by atoms with Crippen LogP contribution >= 0.6 is 0 Å². The van der Waals surface area contributed by atoms with E-state index in [1.807, 2.05) is 0 Å². The number of hydrogen-bond donors (Lipinski definition) is 0. The first-order valence-electron chi connectivity index (χ1n) is 9.41. The summed E-state index contributed by atoms with van der Waals surface area (Å²) in [5, 5.41) is 0. The minimum absolute atomic E-state index is 0.0316. The van der Waals surface area contributed by atoms with E-state index in [0.29, 0.717) is 6.61 Å². The second-order valence-corrected chi connectivity index (χ2v) is 7.12. The van der Waals surface area contributed by atoms with Crippen molar-refractivity contribution in [3.05, 3.63) is 35.4 Å². The van der Waals surface area contributed by atoms with E-state index >= 15 is 0 Å². The van der Waals surface area contributed by atoms with E-state index in [4.69, 9.17) is 4.74 Å². The molecular weight excluding hydrogens is 284 g/mol. The van der Waals surface area contributed by atoms with Gasteiger partial charge >= 0.3 is 5.97 Å². The molecule has 2 nitrogen and oxygen atoms in total. The van der Waals surface area contributed by atoms with Crippen LogP contribution in [0.4, 0.5) is 0 Å². The lowest BCUT2D eigenvalue weighted by Gasteiger charge is -2.27. The van der Waals surface area contributed by atoms with Crippen LogP contribution < -0.4 is 0 Å². The van der Waals surface area contributed by atoms with Gasteiger partial charge in [-0.3, -0.25) is 4.79 Å². The summed E-state index contributed by atoms with van der Waals surface area (Å²) >= 11 is 0. The van der Waals surface area contributed by atoms with Gasteiger partial charge in [0.25, 0.3) is 0 Å². The van der Waals surface area contributed by atoms with E-state index in [-0.39, 0.29) is 11.9 Å². The van der Waals surface area contributed by atoms with Crippen molar-refractivity contribution in [2.24, 2.45) is 11.8 Å². The quantitative estimate of drug-likeness (QED) is 0.470. The molecule has 0 unspecified atom stereocenters. The first-order chi connectivity index (χ1) is 11.2. The van der Waals surface area contributed by atoms with Gasteiger partial charge in [0.15, 0.2) is 0 Å². The lowest BCUT2D eigenvalue weighted by atomic mass is 9.80. The minimum Gasteiger partial charge on any atom is -0.465 e. The van der Waals surface area contributed by atoms with Crippen molar-refractivity contribution in [1.82, 2.24) is 0 Å². The van der Waals surface area contributed by atoms with Gasteiger partial charge in [0.2, 0.25) is 0 Å². The fourth-order valence-corrected chi connectivity index (χ4v) is 3.51. The molecule has 0 saturated heterocycles. The molecule has 23 heavy (non-hydrogen) atoms. The van der Waals surface area contributed by atoms with E-state index < -0.39 is 0 Å². The topological polar surface area (TPSA) is 26.3 Å². The third kappa shape index (κ3) is 6.37. The van der Waals surface area contributed by atoms with Crippen LogP contribution in [0.15, 0.2) is 24.3 Å². The molecular formula is C21H32O2. The number of rotatable bonds is 8. The van der Waals surface area contributed by atoms with E-state index in [1.165, 1.54) is 49.7 Å². The fourth-order valence-electron chi connectivity index (χ4n) is 3.51. The van der Waals surface area contributed by atoms with Crippen LogP contribution in [0.3, 0.4) is 0 Å². The summed E-state index contributed by atoms with van der Waals surface area (Å²) in [5.41, 5.74) is 2.50. The number of unbranched alkanes of at least 4 members (excludes halogenated alkanes) is 2. The van der Waals surface area contributed by atoms with Crippen LogP contribution in [0.5, 0.6) is 0 Å². The molecule has 0 aromatic heterocycles. The third-order valence-electron chi connectivity index (χ3n) is 5.15. The van der Waals surface area contributed by atoms with Crippen LogP contribution in [-0.2, 0) is 16.0 Å². The Labute approximate surface area is 141 Å². The van der Waals surface area contributed by atoms with Crippen molar-refractivity contribution < 1.29 is 9.53 Å². The molecule has 1 aliphatic rings. The highest BCUT2D eigenvalue weighted by Crippen LogP contribution is 2.32. The summed E-state index contributed by atoms with van der Waals surface area (Å²) < 4.78 is 5.51. The zero-order chi connectivity index (χ0) is 16.5. The Balaban J connectivity index is 1.62. The highest BCUT2D eigenvalue weighted by atomic mass is 16.5. The standard InChI is InChI=1S/C21H32O2/c1-3-4-5-6-18-11-13-20(14-12-18)21(22)23-16-15-19-9-7-17(2)8-10-19/h7-10,18,20H,3-6,11-16H2,1-2H3. The predicted molar refractivity (Wildman–Crippen MR) is 95.4 cm³/mol. The first kappa shape index (κ1) is 18.0. The van der Waals surface area contributed by atoms with Gasteiger partial charge in [0.05, 0.1) is 12.5 Å². The second-order valence-electron chi connectivity index (χ2n) is 7.12. The summed E-state index contributed by atoms with van der Waals surface area (Å²) in [6.07, 6.45) is 10.6. The molecule has 0 spiro atoms. The number of carbonyl (C=O) groups excluding carboxylic acids is 1. The molecule has 0 heterocycles. The van der Waals surface area contributed by atoms with E-state index in [2.05, 4.69) is 38.1 Å². The molecule has 1 saturated carbocycles. The zero-order valence-corrected chi connectivity index (χ0v) is 14.9. The van der Waals surface area contributed by atoms with E-state index in [9.17, 15) is 4.79 Å². The number of benzene rings is 1. The lowest BCUT2D eigenvalue weighted by Crippen LogP contribution is -2.24. The van der Waals surface area contributed by atoms with Crippen LogP contribution in [0.25, 0.3) is 0 Å². The lowest BCUT2D eigenvalue weighted by molar-refractivity contribution is -0.149. The predicted octanol–water partition coefficient (Wildman–Crippen LogP) is 5.47. The van der Waals surface area contributed by atoms with Crippen LogP contribution in [0.2, 0.25) is 0 Å². The maximum atomic E-state index is 12.2. The summed E-state index contributed by atoms with van der Waals surface area (Å²) in [6.45, 7) is 4.85. The van der Waals surface area contributed by atoms with Gasteiger partial charge < -0.3 is 4.74 Å². The monoisotopic (exact) mass is 316 g/mol. The van der Waals surface area contributed by atoms with E-state index in [0.717, 1.165) is 25.2 Å². The molecule has 1 aliphatic carbocycles. The molecule has 0 N–H and O–H groups in total. The van der Waals surface area contributed by atoms with Gasteiger partial charge in [-0.25, -0.2) is 0 Å².